The zero-order valence-electron chi connectivity index (χ0n) is 14.0. The maximum atomic E-state index is 5.55. The fraction of sp³-hybridized carbons (Fsp3) is 0.688. The van der Waals surface area contributed by atoms with Crippen molar-refractivity contribution in [3.05, 3.63) is 11.7 Å². The average Bonchev–Trinajstić information content (AvgIpc) is 2.85. The van der Waals surface area contributed by atoms with E-state index in [0.717, 1.165) is 30.2 Å². The number of likely N-dealkylation sites (N-methyl/N-ethyl adjacent to an activating group) is 1. The van der Waals surface area contributed by atoms with Crippen LogP contribution in [0.5, 0.6) is 0 Å². The van der Waals surface area contributed by atoms with Crippen molar-refractivity contribution in [3.63, 3.8) is 0 Å². The molecule has 2 aromatic heterocycles. The number of oxazole rings is 1. The zero-order valence-corrected chi connectivity index (χ0v) is 14.0. The molecule has 1 unspecified atom stereocenters. The number of anilines is 1. The molecule has 0 amide bonds. The Kier molecular flexibility index (Phi) is 4.29. The van der Waals surface area contributed by atoms with E-state index in [1.54, 1.807) is 0 Å². The molecule has 1 atom stereocenters. The fourth-order valence-corrected chi connectivity index (χ4v) is 3.16. The molecule has 3 heterocycles. The number of hydrogen-bond donors (Lipinski definition) is 0. The van der Waals surface area contributed by atoms with Crippen molar-refractivity contribution in [2.75, 3.05) is 31.6 Å². The number of piperidine rings is 1. The monoisotopic (exact) mass is 303 g/mol. The first kappa shape index (κ1) is 15.2. The van der Waals surface area contributed by atoms with Gasteiger partial charge in [-0.1, -0.05) is 6.42 Å². The number of aryl methyl sites for hydroxylation is 2. The summed E-state index contributed by atoms with van der Waals surface area (Å²) in [7, 11) is 2.07. The minimum atomic E-state index is 0.582. The molecular formula is C16H25N5O. The highest BCUT2D eigenvalue weighted by atomic mass is 16.4. The molecule has 0 spiro atoms. The first-order valence-corrected chi connectivity index (χ1v) is 8.11. The van der Waals surface area contributed by atoms with Gasteiger partial charge in [0, 0.05) is 33.1 Å². The van der Waals surface area contributed by atoms with Crippen LogP contribution in [0.4, 0.5) is 5.82 Å². The van der Waals surface area contributed by atoms with E-state index in [4.69, 9.17) is 4.42 Å². The second-order valence-electron chi connectivity index (χ2n) is 6.28. The van der Waals surface area contributed by atoms with Gasteiger partial charge in [0.25, 0.3) is 5.71 Å². The van der Waals surface area contributed by atoms with Crippen molar-refractivity contribution in [2.24, 2.45) is 0 Å². The van der Waals surface area contributed by atoms with E-state index in [9.17, 15) is 0 Å². The quantitative estimate of drug-likeness (QED) is 0.865. The Morgan fingerprint density at radius 1 is 1.23 bits per heavy atom. The summed E-state index contributed by atoms with van der Waals surface area (Å²) in [5, 5.41) is 0. The number of nitrogens with zero attached hydrogens (tertiary/aromatic N) is 5. The maximum Gasteiger partial charge on any atom is 0.252 e. The van der Waals surface area contributed by atoms with E-state index < -0.39 is 0 Å². The molecule has 1 fully saturated rings. The van der Waals surface area contributed by atoms with Crippen LogP contribution < -0.4 is 4.90 Å². The number of hydrogen-bond acceptors (Lipinski definition) is 6. The van der Waals surface area contributed by atoms with E-state index in [2.05, 4.69) is 38.7 Å². The molecule has 22 heavy (non-hydrogen) atoms. The minimum absolute atomic E-state index is 0.582. The molecule has 6 nitrogen and oxygen atoms in total. The van der Waals surface area contributed by atoms with Gasteiger partial charge >= 0.3 is 0 Å². The fourth-order valence-electron chi connectivity index (χ4n) is 3.16. The largest absolute Gasteiger partial charge is 0.422 e. The Bertz CT molecular complexity index is 653. The van der Waals surface area contributed by atoms with Crippen LogP contribution in [0, 0.1) is 13.8 Å². The van der Waals surface area contributed by atoms with Crippen LogP contribution in [-0.2, 0) is 0 Å². The van der Waals surface area contributed by atoms with Crippen molar-refractivity contribution in [1.82, 2.24) is 19.9 Å². The Labute approximate surface area is 131 Å². The van der Waals surface area contributed by atoms with Gasteiger partial charge in [0.05, 0.1) is 0 Å². The van der Waals surface area contributed by atoms with Crippen LogP contribution in [0.15, 0.2) is 4.42 Å². The Morgan fingerprint density at radius 3 is 2.82 bits per heavy atom. The van der Waals surface area contributed by atoms with Crippen LogP contribution in [0.3, 0.4) is 0 Å². The highest BCUT2D eigenvalue weighted by Gasteiger charge is 2.20. The summed E-state index contributed by atoms with van der Waals surface area (Å²) in [5.41, 5.74) is 1.34. The molecule has 2 aromatic rings. The van der Waals surface area contributed by atoms with Gasteiger partial charge in [-0.15, -0.1) is 0 Å². The molecule has 0 bridgehead atoms. The molecule has 3 rings (SSSR count). The number of likely N-dealkylation sites (tertiary alicyclic amines) is 1. The highest BCUT2D eigenvalue weighted by Crippen LogP contribution is 2.23. The lowest BCUT2D eigenvalue weighted by Gasteiger charge is -2.34. The van der Waals surface area contributed by atoms with Gasteiger partial charge in [0.2, 0.25) is 0 Å². The molecule has 0 aromatic carbocycles. The first-order chi connectivity index (χ1) is 10.5. The maximum absolute atomic E-state index is 5.55. The Balaban J connectivity index is 1.75. The second kappa shape index (κ2) is 6.20. The van der Waals surface area contributed by atoms with Crippen LogP contribution in [0.2, 0.25) is 0 Å². The molecular weight excluding hydrogens is 278 g/mol. The van der Waals surface area contributed by atoms with E-state index in [0.29, 0.717) is 17.6 Å². The molecule has 1 saturated heterocycles. The summed E-state index contributed by atoms with van der Waals surface area (Å²) < 4.78 is 5.55. The van der Waals surface area contributed by atoms with Gasteiger partial charge in [-0.2, -0.15) is 4.98 Å². The molecule has 0 radical (unpaired) electrons. The topological polar surface area (TPSA) is 58.3 Å². The molecule has 0 aliphatic carbocycles. The smallest absolute Gasteiger partial charge is 0.252 e. The zero-order chi connectivity index (χ0) is 15.7. The Morgan fingerprint density at radius 2 is 2.05 bits per heavy atom. The Hall–Kier alpha value is -1.69. The van der Waals surface area contributed by atoms with Gasteiger partial charge in [0.15, 0.2) is 17.2 Å². The highest BCUT2D eigenvalue weighted by molar-refractivity contribution is 5.81. The lowest BCUT2D eigenvalue weighted by molar-refractivity contribution is 0.165. The summed E-state index contributed by atoms with van der Waals surface area (Å²) in [5.74, 6) is 2.22. The average molecular weight is 303 g/mol. The third kappa shape index (κ3) is 3.06. The van der Waals surface area contributed by atoms with Crippen LogP contribution in [0.1, 0.15) is 37.9 Å². The van der Waals surface area contributed by atoms with E-state index >= 15 is 0 Å². The predicted octanol–water partition coefficient (Wildman–Crippen LogP) is 2.55. The van der Waals surface area contributed by atoms with Gasteiger partial charge < -0.3 is 9.32 Å². The van der Waals surface area contributed by atoms with Crippen molar-refractivity contribution < 1.29 is 4.42 Å². The molecule has 6 heteroatoms. The van der Waals surface area contributed by atoms with Crippen molar-refractivity contribution >= 4 is 17.0 Å². The lowest BCUT2D eigenvalue weighted by Crippen LogP contribution is -2.42. The SMILES string of the molecule is Cc1nc(N(C)CCN2CCCCC2C)c2nc(C)oc2n1. The van der Waals surface area contributed by atoms with Gasteiger partial charge in [-0.05, 0) is 33.2 Å². The van der Waals surface area contributed by atoms with Crippen LogP contribution >= 0.6 is 0 Å². The predicted molar refractivity (Wildman–Crippen MR) is 87.2 cm³/mol. The minimum Gasteiger partial charge on any atom is -0.422 e. The van der Waals surface area contributed by atoms with Crippen molar-refractivity contribution in [1.29, 1.82) is 0 Å². The number of rotatable bonds is 4. The van der Waals surface area contributed by atoms with Crippen LogP contribution in [-0.4, -0.2) is 52.6 Å². The first-order valence-electron chi connectivity index (χ1n) is 8.11. The molecule has 1 aliphatic heterocycles. The van der Waals surface area contributed by atoms with Crippen molar-refractivity contribution in [3.8, 4) is 0 Å². The van der Waals surface area contributed by atoms with Crippen molar-refractivity contribution in [2.45, 2.75) is 46.1 Å². The third-order valence-corrected chi connectivity index (χ3v) is 4.48. The van der Waals surface area contributed by atoms with Gasteiger partial charge in [0.1, 0.15) is 5.82 Å². The lowest BCUT2D eigenvalue weighted by atomic mass is 10.0. The summed E-state index contributed by atoms with van der Waals surface area (Å²) >= 11 is 0. The summed E-state index contributed by atoms with van der Waals surface area (Å²) in [6.07, 6.45) is 3.98. The molecule has 120 valence electrons. The number of fused-ring (bicyclic) bond motifs is 1. The third-order valence-electron chi connectivity index (χ3n) is 4.48. The van der Waals surface area contributed by atoms with E-state index in [-0.39, 0.29) is 0 Å². The van der Waals surface area contributed by atoms with Gasteiger partial charge in [-0.3, -0.25) is 4.90 Å². The second-order valence-corrected chi connectivity index (χ2v) is 6.28. The summed E-state index contributed by atoms with van der Waals surface area (Å²) in [4.78, 5) is 18.1. The van der Waals surface area contributed by atoms with Crippen LogP contribution in [0.25, 0.3) is 11.2 Å². The summed E-state index contributed by atoms with van der Waals surface area (Å²) in [6.45, 7) is 9.25. The molecule has 0 saturated carbocycles. The normalized spacial score (nSPS) is 19.7. The standard InChI is InChI=1S/C16H25N5O/c1-11-7-5-6-8-21(11)10-9-20(4)15-14-16(18-12(2)17-15)22-13(3)19-14/h11H,5-10H2,1-4H3. The van der Waals surface area contributed by atoms with E-state index in [1.807, 2.05) is 13.8 Å². The molecule has 1 aliphatic rings. The number of aromatic nitrogens is 3. The summed E-state index contributed by atoms with van der Waals surface area (Å²) in [6, 6.07) is 0.684. The van der Waals surface area contributed by atoms with Gasteiger partial charge in [-0.25, -0.2) is 9.97 Å². The van der Waals surface area contributed by atoms with E-state index in [1.165, 1.54) is 25.8 Å². The molecule has 0 N–H and O–H groups in total.